The van der Waals surface area contributed by atoms with Crippen LogP contribution in [0.25, 0.3) is 0 Å². The van der Waals surface area contributed by atoms with Crippen molar-refractivity contribution < 1.29 is 9.53 Å². The van der Waals surface area contributed by atoms with Gasteiger partial charge in [0.15, 0.2) is 0 Å². The Bertz CT molecular complexity index is 487. The third kappa shape index (κ3) is 4.50. The van der Waals surface area contributed by atoms with Crippen LogP contribution in [-0.4, -0.2) is 11.6 Å². The van der Waals surface area contributed by atoms with E-state index in [4.69, 9.17) is 16.3 Å². The van der Waals surface area contributed by atoms with Crippen molar-refractivity contribution in [1.29, 1.82) is 0 Å². The first kappa shape index (κ1) is 13.6. The molecule has 17 heavy (non-hydrogen) atoms. The van der Waals surface area contributed by atoms with E-state index in [1.54, 1.807) is 32.9 Å². The van der Waals surface area contributed by atoms with Gasteiger partial charge in [-0.1, -0.05) is 23.6 Å². The van der Waals surface area contributed by atoms with Crippen LogP contribution < -0.4 is 0 Å². The molecule has 3 heteroatoms. The molecular weight excluding hydrogens is 236 g/mol. The van der Waals surface area contributed by atoms with Crippen LogP contribution >= 0.6 is 11.6 Å². The number of hydrogen-bond acceptors (Lipinski definition) is 2. The van der Waals surface area contributed by atoms with Crippen LogP contribution in [0.1, 0.15) is 31.9 Å². The molecule has 2 nitrogen and oxygen atoms in total. The van der Waals surface area contributed by atoms with Gasteiger partial charge < -0.3 is 4.74 Å². The van der Waals surface area contributed by atoms with Gasteiger partial charge in [-0.15, -0.1) is 0 Å². The Balaban J connectivity index is 2.86. The second-order valence-electron chi connectivity index (χ2n) is 4.66. The Hall–Kier alpha value is -1.46. The van der Waals surface area contributed by atoms with E-state index in [1.807, 2.05) is 13.0 Å². The van der Waals surface area contributed by atoms with Gasteiger partial charge in [-0.3, -0.25) is 0 Å². The Labute approximate surface area is 107 Å². The molecule has 0 saturated heterocycles. The van der Waals surface area contributed by atoms with Crippen LogP contribution in [0.4, 0.5) is 0 Å². The van der Waals surface area contributed by atoms with E-state index in [1.165, 1.54) is 0 Å². The van der Waals surface area contributed by atoms with Crippen molar-refractivity contribution in [2.75, 3.05) is 0 Å². The Morgan fingerprint density at radius 3 is 2.59 bits per heavy atom. The highest BCUT2D eigenvalue weighted by Crippen LogP contribution is 2.17. The zero-order valence-electron chi connectivity index (χ0n) is 10.4. The van der Waals surface area contributed by atoms with Crippen molar-refractivity contribution in [3.63, 3.8) is 0 Å². The fourth-order valence-electron chi connectivity index (χ4n) is 1.16. The molecule has 0 unspecified atom stereocenters. The zero-order valence-corrected chi connectivity index (χ0v) is 11.2. The van der Waals surface area contributed by atoms with Crippen molar-refractivity contribution >= 4 is 17.6 Å². The highest BCUT2D eigenvalue weighted by atomic mass is 35.5. The van der Waals surface area contributed by atoms with Crippen molar-refractivity contribution in [2.45, 2.75) is 33.3 Å². The second-order valence-corrected chi connectivity index (χ2v) is 5.07. The first-order valence-corrected chi connectivity index (χ1v) is 5.67. The van der Waals surface area contributed by atoms with Gasteiger partial charge in [-0.05, 0) is 45.4 Å². The average Bonchev–Trinajstić information content (AvgIpc) is 2.18. The van der Waals surface area contributed by atoms with Crippen molar-refractivity contribution in [2.24, 2.45) is 0 Å². The van der Waals surface area contributed by atoms with Crippen LogP contribution in [0.3, 0.4) is 0 Å². The van der Waals surface area contributed by atoms with E-state index in [9.17, 15) is 4.79 Å². The molecule has 90 valence electrons. The SMILES string of the molecule is Cc1c(Cl)cccc1C#CC(=O)OC(C)(C)C. The normalized spacial score (nSPS) is 10.4. The predicted molar refractivity (Wildman–Crippen MR) is 68.9 cm³/mol. The monoisotopic (exact) mass is 250 g/mol. The van der Waals surface area contributed by atoms with Gasteiger partial charge in [-0.2, -0.15) is 0 Å². The van der Waals surface area contributed by atoms with E-state index in [2.05, 4.69) is 11.8 Å². The van der Waals surface area contributed by atoms with Gasteiger partial charge in [0.05, 0.1) is 0 Å². The topological polar surface area (TPSA) is 26.3 Å². The lowest BCUT2D eigenvalue weighted by Gasteiger charge is -2.16. The predicted octanol–water partition coefficient (Wildman–Crippen LogP) is 3.34. The Kier molecular flexibility index (Phi) is 4.20. The number of carbonyl (C=O) groups is 1. The average molecular weight is 251 g/mol. The number of esters is 1. The summed E-state index contributed by atoms with van der Waals surface area (Å²) < 4.78 is 5.08. The fourth-order valence-corrected chi connectivity index (χ4v) is 1.34. The van der Waals surface area contributed by atoms with Crippen LogP contribution in [0.2, 0.25) is 5.02 Å². The van der Waals surface area contributed by atoms with E-state index in [0.717, 1.165) is 11.1 Å². The van der Waals surface area contributed by atoms with Crippen molar-refractivity contribution in [3.8, 4) is 11.8 Å². The summed E-state index contributed by atoms with van der Waals surface area (Å²) in [5.74, 6) is 4.69. The lowest BCUT2D eigenvalue weighted by Crippen LogP contribution is -2.22. The smallest absolute Gasteiger partial charge is 0.385 e. The van der Waals surface area contributed by atoms with Crippen LogP contribution in [0, 0.1) is 18.8 Å². The van der Waals surface area contributed by atoms with E-state index < -0.39 is 11.6 Å². The van der Waals surface area contributed by atoms with Gasteiger partial charge in [0.1, 0.15) is 5.60 Å². The molecular formula is C14H15ClO2. The summed E-state index contributed by atoms with van der Waals surface area (Å²) in [5.41, 5.74) is 1.09. The van der Waals surface area contributed by atoms with Gasteiger partial charge >= 0.3 is 5.97 Å². The third-order valence-corrected chi connectivity index (χ3v) is 2.38. The molecule has 0 bridgehead atoms. The molecule has 0 heterocycles. The molecule has 0 aromatic heterocycles. The van der Waals surface area contributed by atoms with Crippen LogP contribution in [-0.2, 0) is 9.53 Å². The first-order chi connectivity index (χ1) is 7.79. The summed E-state index contributed by atoms with van der Waals surface area (Å²) in [7, 11) is 0. The minimum Gasteiger partial charge on any atom is -0.450 e. The first-order valence-electron chi connectivity index (χ1n) is 5.30. The molecule has 0 aliphatic heterocycles. The van der Waals surface area contributed by atoms with Gasteiger partial charge in [-0.25, -0.2) is 4.79 Å². The Morgan fingerprint density at radius 1 is 1.35 bits per heavy atom. The number of halogens is 1. The maximum absolute atomic E-state index is 11.4. The molecule has 0 aliphatic rings. The maximum atomic E-state index is 11.4. The summed E-state index contributed by atoms with van der Waals surface area (Å²) in [6.45, 7) is 7.27. The summed E-state index contributed by atoms with van der Waals surface area (Å²) >= 11 is 5.95. The summed E-state index contributed by atoms with van der Waals surface area (Å²) in [6.07, 6.45) is 0. The van der Waals surface area contributed by atoms with Crippen LogP contribution in [0.15, 0.2) is 18.2 Å². The van der Waals surface area contributed by atoms with E-state index >= 15 is 0 Å². The molecule has 0 fully saturated rings. The summed E-state index contributed by atoms with van der Waals surface area (Å²) in [6, 6.07) is 5.41. The number of rotatable bonds is 0. The van der Waals surface area contributed by atoms with E-state index in [-0.39, 0.29) is 0 Å². The van der Waals surface area contributed by atoms with Crippen molar-refractivity contribution in [3.05, 3.63) is 34.3 Å². The summed E-state index contributed by atoms with van der Waals surface area (Å²) in [4.78, 5) is 11.4. The summed E-state index contributed by atoms with van der Waals surface area (Å²) in [5, 5.41) is 0.640. The quantitative estimate of drug-likeness (QED) is 0.521. The third-order valence-electron chi connectivity index (χ3n) is 1.97. The minimum absolute atomic E-state index is 0.519. The largest absolute Gasteiger partial charge is 0.450 e. The van der Waals surface area contributed by atoms with Gasteiger partial charge in [0, 0.05) is 16.5 Å². The molecule has 1 aromatic rings. The molecule has 0 radical (unpaired) electrons. The van der Waals surface area contributed by atoms with Gasteiger partial charge in [0.25, 0.3) is 0 Å². The molecule has 0 spiro atoms. The molecule has 0 saturated carbocycles. The maximum Gasteiger partial charge on any atom is 0.385 e. The highest BCUT2D eigenvalue weighted by Gasteiger charge is 2.14. The molecule has 1 rings (SSSR count). The Morgan fingerprint density at radius 2 is 2.00 bits per heavy atom. The lowest BCUT2D eigenvalue weighted by atomic mass is 10.1. The van der Waals surface area contributed by atoms with Crippen LogP contribution in [0.5, 0.6) is 0 Å². The number of benzene rings is 1. The van der Waals surface area contributed by atoms with Crippen molar-refractivity contribution in [1.82, 2.24) is 0 Å². The minimum atomic E-state index is -0.531. The van der Waals surface area contributed by atoms with E-state index in [0.29, 0.717) is 5.02 Å². The van der Waals surface area contributed by atoms with Gasteiger partial charge in [0.2, 0.25) is 0 Å². The number of carbonyl (C=O) groups excluding carboxylic acids is 1. The molecule has 0 aliphatic carbocycles. The molecule has 0 amide bonds. The fraction of sp³-hybridized carbons (Fsp3) is 0.357. The zero-order chi connectivity index (χ0) is 13.1. The molecule has 0 atom stereocenters. The standard InChI is InChI=1S/C14H15ClO2/c1-10-11(6-5-7-12(10)15)8-9-13(16)17-14(2,3)4/h5-7H,1-4H3. The second kappa shape index (κ2) is 5.25. The molecule has 0 N–H and O–H groups in total. The number of hydrogen-bond donors (Lipinski definition) is 0. The molecule has 1 aromatic carbocycles. The number of ether oxygens (including phenoxy) is 1. The lowest BCUT2D eigenvalue weighted by molar-refractivity contribution is -0.147. The highest BCUT2D eigenvalue weighted by molar-refractivity contribution is 6.31.